The topological polar surface area (TPSA) is 84.0 Å². The zero-order chi connectivity index (χ0) is 14.8. The molecule has 1 aliphatic carbocycles. The molecule has 0 atom stereocenters. The van der Waals surface area contributed by atoms with E-state index < -0.39 is 0 Å². The molecule has 0 radical (unpaired) electrons. The van der Waals surface area contributed by atoms with E-state index in [1.54, 1.807) is 0 Å². The first-order valence-electron chi connectivity index (χ1n) is 6.28. The molecule has 0 saturated heterocycles. The average Bonchev–Trinajstić information content (AvgIpc) is 2.55. The van der Waals surface area contributed by atoms with Crippen LogP contribution in [0.25, 0.3) is 11.1 Å². The van der Waals surface area contributed by atoms with E-state index in [2.05, 4.69) is 4.79 Å². The highest BCUT2D eigenvalue weighted by Crippen LogP contribution is 2.37. The zero-order valence-electron chi connectivity index (χ0n) is 10.9. The van der Waals surface area contributed by atoms with Crippen molar-refractivity contribution in [2.24, 2.45) is 0 Å². The minimum absolute atomic E-state index is 0.0480. The molecule has 21 heavy (non-hydrogen) atoms. The summed E-state index contributed by atoms with van der Waals surface area (Å²) in [7, 11) is 0. The maximum atomic E-state index is 9.37. The molecule has 96 valence electrons. The summed E-state index contributed by atoms with van der Waals surface area (Å²) in [4.78, 5) is 3.40. The van der Waals surface area contributed by atoms with Gasteiger partial charge in [0, 0.05) is 5.57 Å². The Bertz CT molecular complexity index is 849. The van der Waals surface area contributed by atoms with Crippen LogP contribution in [0, 0.1) is 22.7 Å². The predicted molar refractivity (Wildman–Crippen MR) is 77.0 cm³/mol. The Hall–Kier alpha value is -3.46. The maximum Gasteiger partial charge on any atom is 0.330 e. The Morgan fingerprint density at radius 3 is 1.62 bits per heavy atom. The van der Waals surface area contributed by atoms with Gasteiger partial charge in [-0.15, -0.1) is 0 Å². The molecule has 0 spiro atoms. The standard InChI is InChI=1S/C17H8N4/c18-9-11(10-19)16-12-5-1-3-7-14(12)17(21-20)15-8-4-2-6-13(15)16/h1-8H. The van der Waals surface area contributed by atoms with Crippen molar-refractivity contribution in [2.75, 3.05) is 0 Å². The summed E-state index contributed by atoms with van der Waals surface area (Å²) in [6.45, 7) is 0. The van der Waals surface area contributed by atoms with Gasteiger partial charge in [-0.1, -0.05) is 36.4 Å². The van der Waals surface area contributed by atoms with Gasteiger partial charge in [-0.05, 0) is 23.3 Å². The molecule has 4 nitrogen and oxygen atoms in total. The molecule has 4 heteroatoms. The second kappa shape index (κ2) is 4.90. The maximum absolute atomic E-state index is 9.37. The van der Waals surface area contributed by atoms with Gasteiger partial charge in [0.25, 0.3) is 0 Å². The molecular weight excluding hydrogens is 260 g/mol. The van der Waals surface area contributed by atoms with Gasteiger partial charge in [-0.3, -0.25) is 0 Å². The third-order valence-electron chi connectivity index (χ3n) is 3.48. The van der Waals surface area contributed by atoms with Crippen molar-refractivity contribution in [3.8, 4) is 12.1 Å². The van der Waals surface area contributed by atoms with Crippen molar-refractivity contribution in [1.29, 1.82) is 10.5 Å². The quantitative estimate of drug-likeness (QED) is 0.356. The number of hydrogen-bond donors (Lipinski definition) is 0. The highest BCUT2D eigenvalue weighted by molar-refractivity contribution is 6.19. The number of allylic oxidation sites excluding steroid dienone is 1. The number of fused-ring (bicyclic) bond motifs is 2. The van der Waals surface area contributed by atoms with Crippen molar-refractivity contribution < 1.29 is 4.79 Å². The molecule has 0 aromatic heterocycles. The van der Waals surface area contributed by atoms with E-state index in [0.717, 1.165) is 11.1 Å². The predicted octanol–water partition coefficient (Wildman–Crippen LogP) is 2.92. The molecule has 0 bridgehead atoms. The van der Waals surface area contributed by atoms with Crippen molar-refractivity contribution in [1.82, 2.24) is 0 Å². The molecule has 0 heterocycles. The Kier molecular flexibility index (Phi) is 2.93. The molecule has 0 aliphatic heterocycles. The second-order valence-corrected chi connectivity index (χ2v) is 4.51. The lowest BCUT2D eigenvalue weighted by Gasteiger charge is -2.19. The first kappa shape index (κ1) is 12.6. The largest absolute Gasteiger partial charge is 0.361 e. The minimum Gasteiger partial charge on any atom is -0.361 e. The van der Waals surface area contributed by atoms with Crippen LogP contribution in [-0.2, 0) is 0 Å². The monoisotopic (exact) mass is 268 g/mol. The molecule has 0 fully saturated rings. The minimum atomic E-state index is 0.0480. The van der Waals surface area contributed by atoms with Gasteiger partial charge >= 0.3 is 5.71 Å². The summed E-state index contributed by atoms with van der Waals surface area (Å²) >= 11 is 0. The van der Waals surface area contributed by atoms with Crippen LogP contribution in [0.2, 0.25) is 0 Å². The average molecular weight is 268 g/mol. The van der Waals surface area contributed by atoms with Gasteiger partial charge < -0.3 is 5.53 Å². The zero-order valence-corrected chi connectivity index (χ0v) is 10.9. The fourth-order valence-electron chi connectivity index (χ4n) is 2.62. The van der Waals surface area contributed by atoms with E-state index in [0.29, 0.717) is 22.4 Å². The van der Waals surface area contributed by atoms with Gasteiger partial charge in [-0.2, -0.15) is 15.3 Å². The molecule has 0 unspecified atom stereocenters. The summed E-state index contributed by atoms with van der Waals surface area (Å²) < 4.78 is 0. The highest BCUT2D eigenvalue weighted by atomic mass is 14.9. The fourth-order valence-corrected chi connectivity index (χ4v) is 2.62. The molecule has 3 rings (SSSR count). The normalized spacial score (nSPS) is 11.5. The van der Waals surface area contributed by atoms with Gasteiger partial charge in [0.1, 0.15) is 17.7 Å². The Balaban J connectivity index is 2.53. The van der Waals surface area contributed by atoms with E-state index in [1.807, 2.05) is 60.7 Å². The van der Waals surface area contributed by atoms with Gasteiger partial charge in [-0.25, -0.2) is 0 Å². The molecular formula is C17H8N4. The molecule has 0 saturated carbocycles. The first-order chi connectivity index (χ1) is 10.3. The van der Waals surface area contributed by atoms with Crippen LogP contribution in [0.5, 0.6) is 0 Å². The number of hydrogen-bond acceptors (Lipinski definition) is 2. The Morgan fingerprint density at radius 1 is 0.810 bits per heavy atom. The van der Waals surface area contributed by atoms with Crippen molar-refractivity contribution in [2.45, 2.75) is 0 Å². The van der Waals surface area contributed by atoms with Crippen molar-refractivity contribution in [3.05, 3.63) is 81.9 Å². The summed E-state index contributed by atoms with van der Waals surface area (Å²) in [6, 6.07) is 18.5. The van der Waals surface area contributed by atoms with Crippen LogP contribution in [0.4, 0.5) is 0 Å². The lowest BCUT2D eigenvalue weighted by molar-refractivity contribution is -0.00291. The van der Waals surface area contributed by atoms with Crippen LogP contribution >= 0.6 is 0 Å². The third kappa shape index (κ3) is 1.76. The lowest BCUT2D eigenvalue weighted by atomic mass is 9.79. The molecule has 0 N–H and O–H groups in total. The Morgan fingerprint density at radius 2 is 1.24 bits per heavy atom. The van der Waals surface area contributed by atoms with Gasteiger partial charge in [0.15, 0.2) is 0 Å². The van der Waals surface area contributed by atoms with Crippen LogP contribution in [-0.4, -0.2) is 10.5 Å². The summed E-state index contributed by atoms with van der Waals surface area (Å²) in [6.07, 6.45) is 0. The van der Waals surface area contributed by atoms with Crippen molar-refractivity contribution >= 4 is 11.3 Å². The van der Waals surface area contributed by atoms with Crippen LogP contribution in [0.15, 0.2) is 54.1 Å². The first-order valence-corrected chi connectivity index (χ1v) is 6.28. The lowest BCUT2D eigenvalue weighted by Crippen LogP contribution is -2.17. The van der Waals surface area contributed by atoms with Crippen LogP contribution in [0.3, 0.4) is 0 Å². The SMILES string of the molecule is N#CC(C#N)=C1c2ccccc2C(=[N+]=[N-])c2ccccc21. The van der Waals surface area contributed by atoms with Crippen molar-refractivity contribution in [3.63, 3.8) is 0 Å². The summed E-state index contributed by atoms with van der Waals surface area (Å²) in [5.74, 6) is 0. The number of rotatable bonds is 0. The van der Waals surface area contributed by atoms with Gasteiger partial charge in [0.2, 0.25) is 0 Å². The fraction of sp³-hybridized carbons (Fsp3) is 0. The summed E-state index contributed by atoms with van der Waals surface area (Å²) in [5, 5.41) is 18.5. The Labute approximate surface area is 121 Å². The summed E-state index contributed by atoms with van der Waals surface area (Å²) in [5.41, 5.74) is 13.3. The molecule has 2 aromatic carbocycles. The van der Waals surface area contributed by atoms with Crippen LogP contribution in [0.1, 0.15) is 22.3 Å². The highest BCUT2D eigenvalue weighted by Gasteiger charge is 2.32. The number of nitrogens with zero attached hydrogens (tertiary/aromatic N) is 4. The number of benzene rings is 2. The molecule has 0 amide bonds. The smallest absolute Gasteiger partial charge is 0.330 e. The van der Waals surface area contributed by atoms with E-state index in [-0.39, 0.29) is 5.57 Å². The van der Waals surface area contributed by atoms with E-state index >= 15 is 0 Å². The molecule has 2 aromatic rings. The van der Waals surface area contributed by atoms with Crippen LogP contribution < -0.4 is 0 Å². The number of nitriles is 2. The second-order valence-electron chi connectivity index (χ2n) is 4.51. The van der Waals surface area contributed by atoms with E-state index in [9.17, 15) is 16.1 Å². The van der Waals surface area contributed by atoms with Gasteiger partial charge in [0.05, 0.1) is 11.1 Å². The van der Waals surface area contributed by atoms with E-state index in [4.69, 9.17) is 0 Å². The third-order valence-corrected chi connectivity index (χ3v) is 3.48. The van der Waals surface area contributed by atoms with E-state index in [1.165, 1.54) is 0 Å². The molecule has 1 aliphatic rings.